The van der Waals surface area contributed by atoms with Gasteiger partial charge in [-0.1, -0.05) is 0 Å². The van der Waals surface area contributed by atoms with Gasteiger partial charge in [-0.15, -0.1) is 0 Å². The summed E-state index contributed by atoms with van der Waals surface area (Å²) in [6.45, 7) is 7.74. The van der Waals surface area contributed by atoms with Gasteiger partial charge in [-0.3, -0.25) is 0 Å². The Morgan fingerprint density at radius 3 is 2.50 bits per heavy atom. The van der Waals surface area contributed by atoms with Gasteiger partial charge in [0, 0.05) is 17.8 Å². The van der Waals surface area contributed by atoms with Gasteiger partial charge in [0.1, 0.15) is 0 Å². The molecule has 0 amide bonds. The van der Waals surface area contributed by atoms with Crippen LogP contribution in [0.1, 0.15) is 44.7 Å². The van der Waals surface area contributed by atoms with Crippen molar-refractivity contribution < 1.29 is 8.42 Å². The summed E-state index contributed by atoms with van der Waals surface area (Å²) in [5.74, 6) is 0.279. The molecule has 0 radical (unpaired) electrons. The van der Waals surface area contributed by atoms with Crippen LogP contribution in [0.5, 0.6) is 0 Å². The maximum absolute atomic E-state index is 12.1. The molecule has 2 aliphatic rings. The number of sulfone groups is 1. The minimum Gasteiger partial charge on any atom is -0.366 e. The van der Waals surface area contributed by atoms with Gasteiger partial charge < -0.3 is 4.90 Å². The van der Waals surface area contributed by atoms with Gasteiger partial charge in [0.05, 0.1) is 10.6 Å². The summed E-state index contributed by atoms with van der Waals surface area (Å²) in [5, 5.41) is 0. The van der Waals surface area contributed by atoms with Crippen molar-refractivity contribution in [3.8, 4) is 0 Å². The molecule has 3 nitrogen and oxygen atoms in total. The van der Waals surface area contributed by atoms with Gasteiger partial charge in [-0.25, -0.2) is 8.42 Å². The van der Waals surface area contributed by atoms with Crippen LogP contribution in [0.25, 0.3) is 0 Å². The third-order valence-corrected chi connectivity index (χ3v) is 6.21. The molecule has 20 heavy (non-hydrogen) atoms. The van der Waals surface area contributed by atoms with Crippen molar-refractivity contribution in [2.24, 2.45) is 0 Å². The van der Waals surface area contributed by atoms with Crippen molar-refractivity contribution in [2.45, 2.75) is 56.9 Å². The topological polar surface area (TPSA) is 37.4 Å². The van der Waals surface area contributed by atoms with Crippen molar-refractivity contribution in [3.05, 3.63) is 23.3 Å². The lowest BCUT2D eigenvalue weighted by Gasteiger charge is -2.38. The van der Waals surface area contributed by atoms with Gasteiger partial charge in [-0.2, -0.15) is 0 Å². The van der Waals surface area contributed by atoms with Crippen LogP contribution in [-0.4, -0.2) is 26.3 Å². The van der Waals surface area contributed by atoms with Crippen LogP contribution in [-0.2, 0) is 22.7 Å². The normalized spacial score (nSPS) is 21.2. The summed E-state index contributed by atoms with van der Waals surface area (Å²) in [6, 6.07) is 4.10. The number of anilines is 1. The Bertz CT molecular complexity index is 641. The molecule has 0 bridgehead atoms. The van der Waals surface area contributed by atoms with Crippen molar-refractivity contribution in [1.29, 1.82) is 0 Å². The van der Waals surface area contributed by atoms with Crippen molar-refractivity contribution in [3.63, 3.8) is 0 Å². The Kier molecular flexibility index (Phi) is 3.12. The first-order chi connectivity index (χ1) is 9.29. The third-order valence-electron chi connectivity index (χ3n) is 4.42. The number of rotatable bonds is 0. The van der Waals surface area contributed by atoms with Crippen molar-refractivity contribution in [2.75, 3.05) is 17.2 Å². The zero-order chi connectivity index (χ0) is 14.5. The van der Waals surface area contributed by atoms with Crippen LogP contribution in [0, 0.1) is 0 Å². The summed E-state index contributed by atoms with van der Waals surface area (Å²) in [4.78, 5) is 3.03. The number of hydrogen-bond acceptors (Lipinski definition) is 3. The molecule has 4 heteroatoms. The summed E-state index contributed by atoms with van der Waals surface area (Å²) in [6.07, 6.45) is 3.97. The van der Waals surface area contributed by atoms with E-state index in [0.29, 0.717) is 11.3 Å². The summed E-state index contributed by atoms with van der Waals surface area (Å²) in [5.41, 5.74) is 3.55. The maximum atomic E-state index is 12.1. The lowest BCUT2D eigenvalue weighted by atomic mass is 10.00. The maximum Gasteiger partial charge on any atom is 0.178 e. The highest BCUT2D eigenvalue weighted by molar-refractivity contribution is 7.91. The molecule has 0 aliphatic carbocycles. The Balaban J connectivity index is 2.17. The minimum atomic E-state index is -3.02. The predicted molar refractivity (Wildman–Crippen MR) is 82.2 cm³/mol. The molecule has 110 valence electrons. The fraction of sp³-hybridized carbons (Fsp3) is 0.625. The zero-order valence-corrected chi connectivity index (χ0v) is 13.4. The summed E-state index contributed by atoms with van der Waals surface area (Å²) >= 11 is 0. The van der Waals surface area contributed by atoms with Crippen LogP contribution >= 0.6 is 0 Å². The van der Waals surface area contributed by atoms with Crippen LogP contribution in [0.2, 0.25) is 0 Å². The summed E-state index contributed by atoms with van der Waals surface area (Å²) < 4.78 is 24.2. The van der Waals surface area contributed by atoms with Crippen LogP contribution in [0.15, 0.2) is 17.0 Å². The van der Waals surface area contributed by atoms with E-state index in [2.05, 4.69) is 31.7 Å². The predicted octanol–water partition coefficient (Wildman–Crippen LogP) is 2.96. The highest BCUT2D eigenvalue weighted by Gasteiger charge is 2.31. The molecule has 0 aromatic heterocycles. The second-order valence-corrected chi connectivity index (χ2v) is 9.01. The highest BCUT2D eigenvalue weighted by Crippen LogP contribution is 2.37. The Morgan fingerprint density at radius 2 is 1.80 bits per heavy atom. The number of aryl methyl sites for hydroxylation is 2. The van der Waals surface area contributed by atoms with Gasteiger partial charge in [0.2, 0.25) is 0 Å². The molecule has 2 aliphatic heterocycles. The highest BCUT2D eigenvalue weighted by atomic mass is 32.2. The Hall–Kier alpha value is -1.03. The van der Waals surface area contributed by atoms with E-state index >= 15 is 0 Å². The molecule has 0 unspecified atom stereocenters. The van der Waals surface area contributed by atoms with E-state index in [1.165, 1.54) is 17.7 Å². The van der Waals surface area contributed by atoms with Gasteiger partial charge >= 0.3 is 0 Å². The van der Waals surface area contributed by atoms with E-state index < -0.39 is 9.84 Å². The lowest BCUT2D eigenvalue weighted by Crippen LogP contribution is -2.42. The molecule has 1 aromatic rings. The van der Waals surface area contributed by atoms with E-state index in [4.69, 9.17) is 0 Å². The number of hydrogen-bond donors (Lipinski definition) is 0. The molecule has 1 aromatic carbocycles. The zero-order valence-electron chi connectivity index (χ0n) is 12.6. The third kappa shape index (κ3) is 2.24. The fourth-order valence-corrected chi connectivity index (χ4v) is 4.94. The first-order valence-electron chi connectivity index (χ1n) is 7.45. The molecule has 0 spiro atoms. The minimum absolute atomic E-state index is 0.0742. The number of benzene rings is 1. The van der Waals surface area contributed by atoms with E-state index in [9.17, 15) is 8.42 Å². The smallest absolute Gasteiger partial charge is 0.178 e. The van der Waals surface area contributed by atoms with Crippen molar-refractivity contribution >= 4 is 15.5 Å². The van der Waals surface area contributed by atoms with E-state index in [1.807, 2.05) is 6.07 Å². The molecule has 0 fully saturated rings. The van der Waals surface area contributed by atoms with Crippen LogP contribution in [0.3, 0.4) is 0 Å². The van der Waals surface area contributed by atoms with E-state index in [-0.39, 0.29) is 11.3 Å². The largest absolute Gasteiger partial charge is 0.366 e. The fourth-order valence-electron chi connectivity index (χ4n) is 3.35. The first kappa shape index (κ1) is 13.9. The van der Waals surface area contributed by atoms with E-state index in [0.717, 1.165) is 24.9 Å². The monoisotopic (exact) mass is 293 g/mol. The Labute approximate surface area is 121 Å². The molecule has 3 rings (SSSR count). The van der Waals surface area contributed by atoms with Gasteiger partial charge in [0.25, 0.3) is 0 Å². The average Bonchev–Trinajstić information content (AvgIpc) is 2.54. The quantitative estimate of drug-likeness (QED) is 0.738. The first-order valence-corrected chi connectivity index (χ1v) is 9.10. The van der Waals surface area contributed by atoms with E-state index in [1.54, 1.807) is 0 Å². The molecule has 0 saturated carbocycles. The molecular formula is C16H23NO2S. The SMILES string of the molecule is CC(C)(C)N1CCCCc2cc3c(cc21)CCS3(=O)=O. The molecule has 0 N–H and O–H groups in total. The second kappa shape index (κ2) is 4.48. The lowest BCUT2D eigenvalue weighted by molar-refractivity contribution is 0.498. The molecule has 0 atom stereocenters. The standard InChI is InChI=1S/C16H23NO2S/c1-16(2,3)17-8-5-4-6-12-11-15-13(10-14(12)17)7-9-20(15,18)19/h10-11H,4-9H2,1-3H3. The van der Waals surface area contributed by atoms with Crippen molar-refractivity contribution in [1.82, 2.24) is 0 Å². The summed E-state index contributed by atoms with van der Waals surface area (Å²) in [7, 11) is -3.02. The van der Waals surface area contributed by atoms with Gasteiger partial charge in [-0.05, 0) is 69.7 Å². The van der Waals surface area contributed by atoms with Gasteiger partial charge in [0.15, 0.2) is 9.84 Å². The van der Waals surface area contributed by atoms with Crippen LogP contribution in [0.4, 0.5) is 5.69 Å². The number of nitrogens with zero attached hydrogens (tertiary/aromatic N) is 1. The average molecular weight is 293 g/mol. The number of fused-ring (bicyclic) bond motifs is 2. The molecular weight excluding hydrogens is 270 g/mol. The molecule has 2 heterocycles. The second-order valence-electron chi connectivity index (χ2n) is 6.94. The van der Waals surface area contributed by atoms with Crippen LogP contribution < -0.4 is 4.90 Å². The Morgan fingerprint density at radius 1 is 1.05 bits per heavy atom. The molecule has 0 saturated heterocycles.